The molecule has 1 fully saturated rings. The predicted octanol–water partition coefficient (Wildman–Crippen LogP) is 2.59. The number of aromatic amines is 1. The molecule has 0 saturated carbocycles. The lowest BCUT2D eigenvalue weighted by molar-refractivity contribution is -0.123. The Balaban J connectivity index is 1.83. The maximum atomic E-state index is 12.8. The Labute approximate surface area is 168 Å². The molecule has 3 rings (SSSR count). The lowest BCUT2D eigenvalue weighted by atomic mass is 9.96. The maximum Gasteiger partial charge on any atom is 0.262 e. The minimum atomic E-state index is -0.305. The summed E-state index contributed by atoms with van der Waals surface area (Å²) in [6, 6.07) is 5.05. The lowest BCUT2D eigenvalue weighted by Crippen LogP contribution is -2.41. The van der Waals surface area contributed by atoms with Crippen LogP contribution in [-0.2, 0) is 11.3 Å². The van der Waals surface area contributed by atoms with Gasteiger partial charge in [-0.15, -0.1) is 0 Å². The third-order valence-electron chi connectivity index (χ3n) is 5.40. The van der Waals surface area contributed by atoms with Crippen molar-refractivity contribution < 1.29 is 9.59 Å². The number of fused-ring (bicyclic) bond motifs is 1. The lowest BCUT2D eigenvalue weighted by Gasteiger charge is -2.30. The SMILES string of the molecule is CCCCCn1c(=S)[nH]c2cc(C(=O)N3CCC(C(N)=O)CC3)ccc2c1=O. The van der Waals surface area contributed by atoms with Crippen LogP contribution in [0.4, 0.5) is 0 Å². The number of benzene rings is 1. The molecule has 0 atom stereocenters. The molecule has 1 aliphatic heterocycles. The van der Waals surface area contributed by atoms with E-state index in [9.17, 15) is 14.4 Å². The van der Waals surface area contributed by atoms with E-state index in [0.29, 0.717) is 53.7 Å². The second-order valence-electron chi connectivity index (χ2n) is 7.32. The van der Waals surface area contributed by atoms with Crippen molar-refractivity contribution in [2.75, 3.05) is 13.1 Å². The molecule has 0 aliphatic carbocycles. The van der Waals surface area contributed by atoms with Gasteiger partial charge in [-0.2, -0.15) is 0 Å². The zero-order valence-electron chi connectivity index (χ0n) is 16.1. The standard InChI is InChI=1S/C20H26N4O3S/c1-2-3-4-9-24-19(27)15-6-5-14(12-16(15)22-20(24)28)18(26)23-10-7-13(8-11-23)17(21)25/h5-6,12-13H,2-4,7-11H2,1H3,(H2,21,25)(H,22,28). The van der Waals surface area contributed by atoms with Gasteiger partial charge in [-0.05, 0) is 49.7 Å². The van der Waals surface area contributed by atoms with Gasteiger partial charge in [0.05, 0.1) is 10.9 Å². The third-order valence-corrected chi connectivity index (χ3v) is 5.72. The number of hydrogen-bond donors (Lipinski definition) is 2. The molecule has 0 radical (unpaired) electrons. The van der Waals surface area contributed by atoms with Crippen LogP contribution in [0.2, 0.25) is 0 Å². The van der Waals surface area contributed by atoms with Crippen molar-refractivity contribution >= 4 is 34.9 Å². The van der Waals surface area contributed by atoms with Gasteiger partial charge in [0.1, 0.15) is 0 Å². The first kappa shape index (κ1) is 20.3. The monoisotopic (exact) mass is 402 g/mol. The first-order valence-corrected chi connectivity index (χ1v) is 10.2. The minimum absolute atomic E-state index is 0.115. The van der Waals surface area contributed by atoms with Gasteiger partial charge in [0, 0.05) is 31.1 Å². The van der Waals surface area contributed by atoms with E-state index >= 15 is 0 Å². The van der Waals surface area contributed by atoms with Crippen molar-refractivity contribution in [3.05, 3.63) is 38.9 Å². The molecule has 7 nitrogen and oxygen atoms in total. The molecule has 1 saturated heterocycles. The molecule has 150 valence electrons. The minimum Gasteiger partial charge on any atom is -0.369 e. The number of piperidine rings is 1. The number of primary amides is 1. The van der Waals surface area contributed by atoms with E-state index < -0.39 is 0 Å². The highest BCUT2D eigenvalue weighted by Gasteiger charge is 2.26. The van der Waals surface area contributed by atoms with E-state index in [0.717, 1.165) is 19.3 Å². The Morgan fingerprint density at radius 2 is 1.96 bits per heavy atom. The highest BCUT2D eigenvalue weighted by Crippen LogP contribution is 2.20. The van der Waals surface area contributed by atoms with Crippen molar-refractivity contribution in [3.8, 4) is 0 Å². The van der Waals surface area contributed by atoms with E-state index in [1.165, 1.54) is 0 Å². The number of nitrogens with one attached hydrogen (secondary N) is 1. The van der Waals surface area contributed by atoms with Crippen molar-refractivity contribution in [1.82, 2.24) is 14.5 Å². The molecule has 1 aromatic heterocycles. The Bertz CT molecular complexity index is 1000. The van der Waals surface area contributed by atoms with Crippen LogP contribution in [0, 0.1) is 10.7 Å². The number of likely N-dealkylation sites (tertiary alicyclic amines) is 1. The first-order chi connectivity index (χ1) is 13.4. The molecule has 1 aliphatic rings. The molecule has 2 heterocycles. The second kappa shape index (κ2) is 8.68. The molecule has 28 heavy (non-hydrogen) atoms. The summed E-state index contributed by atoms with van der Waals surface area (Å²) in [7, 11) is 0. The highest BCUT2D eigenvalue weighted by atomic mass is 32.1. The van der Waals surface area contributed by atoms with Gasteiger partial charge < -0.3 is 15.6 Å². The number of carbonyl (C=O) groups is 2. The Morgan fingerprint density at radius 3 is 2.61 bits per heavy atom. The van der Waals surface area contributed by atoms with Crippen molar-refractivity contribution in [1.29, 1.82) is 0 Å². The zero-order chi connectivity index (χ0) is 20.3. The third kappa shape index (κ3) is 4.16. The van der Waals surface area contributed by atoms with Crippen LogP contribution in [0.3, 0.4) is 0 Å². The number of nitrogens with zero attached hydrogens (tertiary/aromatic N) is 2. The van der Waals surface area contributed by atoms with E-state index in [1.54, 1.807) is 27.7 Å². The zero-order valence-corrected chi connectivity index (χ0v) is 16.9. The number of nitrogens with two attached hydrogens (primary N) is 1. The van der Waals surface area contributed by atoms with Gasteiger partial charge in [-0.3, -0.25) is 19.0 Å². The molecule has 2 aromatic rings. The van der Waals surface area contributed by atoms with Crippen molar-refractivity contribution in [2.45, 2.75) is 45.6 Å². The summed E-state index contributed by atoms with van der Waals surface area (Å²) in [5.74, 6) is -0.584. The summed E-state index contributed by atoms with van der Waals surface area (Å²) in [6.45, 7) is 3.70. The molecule has 0 bridgehead atoms. The Kier molecular flexibility index (Phi) is 6.28. The number of amides is 2. The van der Waals surface area contributed by atoms with Crippen LogP contribution >= 0.6 is 12.2 Å². The largest absolute Gasteiger partial charge is 0.369 e. The molecule has 0 unspecified atom stereocenters. The fraction of sp³-hybridized carbons (Fsp3) is 0.500. The van der Waals surface area contributed by atoms with Crippen molar-refractivity contribution in [2.24, 2.45) is 11.7 Å². The van der Waals surface area contributed by atoms with Gasteiger partial charge in [-0.1, -0.05) is 19.8 Å². The fourth-order valence-electron chi connectivity index (χ4n) is 3.66. The average molecular weight is 403 g/mol. The summed E-state index contributed by atoms with van der Waals surface area (Å²) in [4.78, 5) is 41.7. The van der Waals surface area contributed by atoms with E-state index in [4.69, 9.17) is 18.0 Å². The van der Waals surface area contributed by atoms with E-state index in [2.05, 4.69) is 11.9 Å². The van der Waals surface area contributed by atoms with Gasteiger partial charge in [0.15, 0.2) is 4.77 Å². The molecular formula is C20H26N4O3S. The Morgan fingerprint density at radius 1 is 1.25 bits per heavy atom. The van der Waals surface area contributed by atoms with Crippen LogP contribution in [-0.4, -0.2) is 39.4 Å². The first-order valence-electron chi connectivity index (χ1n) is 9.77. The highest BCUT2D eigenvalue weighted by molar-refractivity contribution is 7.71. The molecule has 1 aromatic carbocycles. The van der Waals surface area contributed by atoms with Crippen LogP contribution in [0.1, 0.15) is 49.4 Å². The summed E-state index contributed by atoms with van der Waals surface area (Å²) in [5, 5.41) is 0.522. The molecule has 3 N–H and O–H groups in total. The average Bonchev–Trinajstić information content (AvgIpc) is 2.69. The number of hydrogen-bond acceptors (Lipinski definition) is 4. The number of H-pyrrole nitrogens is 1. The Hall–Kier alpha value is -2.48. The summed E-state index contributed by atoms with van der Waals surface area (Å²) in [6.07, 6.45) is 4.18. The number of rotatable bonds is 6. The van der Waals surface area contributed by atoms with Gasteiger partial charge in [-0.25, -0.2) is 0 Å². The molecule has 8 heteroatoms. The van der Waals surface area contributed by atoms with Gasteiger partial charge in [0.25, 0.3) is 11.5 Å². The number of carbonyl (C=O) groups excluding carboxylic acids is 2. The number of aromatic nitrogens is 2. The second-order valence-corrected chi connectivity index (χ2v) is 7.71. The van der Waals surface area contributed by atoms with Gasteiger partial charge in [0.2, 0.25) is 5.91 Å². The molecule has 2 amide bonds. The van der Waals surface area contributed by atoms with E-state index in [-0.39, 0.29) is 23.3 Å². The van der Waals surface area contributed by atoms with Crippen molar-refractivity contribution in [3.63, 3.8) is 0 Å². The van der Waals surface area contributed by atoms with Crippen LogP contribution in [0.15, 0.2) is 23.0 Å². The quantitative estimate of drug-likeness (QED) is 0.573. The van der Waals surface area contributed by atoms with Crippen LogP contribution in [0.25, 0.3) is 10.9 Å². The topological polar surface area (TPSA) is 101 Å². The number of unbranched alkanes of at least 4 members (excludes halogenated alkanes) is 2. The molecular weight excluding hydrogens is 376 g/mol. The fourth-order valence-corrected chi connectivity index (χ4v) is 3.94. The summed E-state index contributed by atoms with van der Waals surface area (Å²) >= 11 is 5.36. The summed E-state index contributed by atoms with van der Waals surface area (Å²) < 4.78 is 1.96. The van der Waals surface area contributed by atoms with Crippen LogP contribution in [0.5, 0.6) is 0 Å². The van der Waals surface area contributed by atoms with Crippen LogP contribution < -0.4 is 11.3 Å². The van der Waals surface area contributed by atoms with Gasteiger partial charge >= 0.3 is 0 Å². The smallest absolute Gasteiger partial charge is 0.262 e. The van der Waals surface area contributed by atoms with E-state index in [1.807, 2.05) is 0 Å². The summed E-state index contributed by atoms with van der Waals surface area (Å²) in [5.41, 5.74) is 6.29. The molecule has 0 spiro atoms. The predicted molar refractivity (Wildman–Crippen MR) is 111 cm³/mol. The maximum absolute atomic E-state index is 12.8. The normalized spacial score (nSPS) is 15.1.